The molecule has 0 aliphatic carbocycles. The van der Waals surface area contributed by atoms with E-state index in [2.05, 4.69) is 10.6 Å². The summed E-state index contributed by atoms with van der Waals surface area (Å²) in [5, 5.41) is 6.02. The van der Waals surface area contributed by atoms with Gasteiger partial charge in [-0.1, -0.05) is 53.5 Å². The molecule has 3 rings (SSSR count). The third-order valence-electron chi connectivity index (χ3n) is 6.16. The third kappa shape index (κ3) is 10.00. The Balaban J connectivity index is 1.75. The van der Waals surface area contributed by atoms with Crippen molar-refractivity contribution in [2.45, 2.75) is 96.7 Å². The average Bonchev–Trinajstić information content (AvgIpc) is 3.34. The van der Waals surface area contributed by atoms with E-state index in [4.69, 9.17) is 37.4 Å². The Bertz CT molecular complexity index is 1280. The van der Waals surface area contributed by atoms with Gasteiger partial charge in [-0.2, -0.15) is 0 Å². The molecule has 228 valence electrons. The number of esters is 2. The Kier molecular flexibility index (Phi) is 11.0. The molecule has 1 aliphatic heterocycles. The van der Waals surface area contributed by atoms with Crippen LogP contribution in [0.25, 0.3) is 0 Å². The van der Waals surface area contributed by atoms with E-state index < -0.39 is 46.9 Å². The number of benzene rings is 2. The van der Waals surface area contributed by atoms with E-state index in [9.17, 15) is 19.2 Å². The van der Waals surface area contributed by atoms with Crippen molar-refractivity contribution in [2.75, 3.05) is 0 Å². The van der Waals surface area contributed by atoms with Gasteiger partial charge >= 0.3 is 11.9 Å². The van der Waals surface area contributed by atoms with Crippen molar-refractivity contribution >= 4 is 46.8 Å². The van der Waals surface area contributed by atoms with E-state index in [1.807, 2.05) is 30.3 Å². The summed E-state index contributed by atoms with van der Waals surface area (Å²) in [7, 11) is 0. The second-order valence-electron chi connectivity index (χ2n) is 12.2. The highest BCUT2D eigenvalue weighted by Crippen LogP contribution is 2.35. The molecule has 1 heterocycles. The van der Waals surface area contributed by atoms with E-state index in [1.165, 1.54) is 12.1 Å². The average molecular weight is 622 g/mol. The quantitative estimate of drug-likeness (QED) is 0.266. The van der Waals surface area contributed by atoms with Gasteiger partial charge in [0.15, 0.2) is 5.75 Å². The van der Waals surface area contributed by atoms with Crippen LogP contribution in [0.1, 0.15) is 76.7 Å². The van der Waals surface area contributed by atoms with Gasteiger partial charge in [-0.15, -0.1) is 0 Å². The van der Waals surface area contributed by atoms with E-state index in [0.29, 0.717) is 12.8 Å². The van der Waals surface area contributed by atoms with Gasteiger partial charge in [0, 0.05) is 11.6 Å². The molecule has 3 atom stereocenters. The summed E-state index contributed by atoms with van der Waals surface area (Å²) >= 11 is 12.8. The number of carbonyl (C=O) groups is 4. The summed E-state index contributed by atoms with van der Waals surface area (Å²) in [4.78, 5) is 51.7. The van der Waals surface area contributed by atoms with E-state index in [-0.39, 0.29) is 40.4 Å². The lowest BCUT2D eigenvalue weighted by Crippen LogP contribution is -2.49. The zero-order valence-corrected chi connectivity index (χ0v) is 26.2. The van der Waals surface area contributed by atoms with Crippen LogP contribution in [0.15, 0.2) is 42.5 Å². The minimum atomic E-state index is -1.24. The molecule has 1 aliphatic rings. The summed E-state index contributed by atoms with van der Waals surface area (Å²) in [5.41, 5.74) is -0.578. The molecular formula is C31H38Cl2N2O7. The molecule has 1 saturated heterocycles. The van der Waals surface area contributed by atoms with Crippen LogP contribution in [0.2, 0.25) is 10.0 Å². The highest BCUT2D eigenvalue weighted by atomic mass is 35.5. The first-order valence-electron chi connectivity index (χ1n) is 13.7. The molecule has 2 aromatic rings. The minimum absolute atomic E-state index is 0.0445. The number of ether oxygens (including phenoxy) is 3. The smallest absolute Gasteiger partial charge is 0.377 e. The number of rotatable bonds is 10. The monoisotopic (exact) mass is 620 g/mol. The molecule has 0 bridgehead atoms. The molecule has 9 nitrogen and oxygen atoms in total. The number of carbonyl (C=O) groups excluding carboxylic acids is 4. The maximum Gasteiger partial charge on any atom is 0.377 e. The second-order valence-corrected chi connectivity index (χ2v) is 13.0. The number of hydrogen-bond acceptors (Lipinski definition) is 8. The van der Waals surface area contributed by atoms with E-state index in [0.717, 1.165) is 5.56 Å². The lowest BCUT2D eigenvalue weighted by Gasteiger charge is -2.25. The number of halogens is 2. The van der Waals surface area contributed by atoms with Crippen molar-refractivity contribution in [3.63, 3.8) is 0 Å². The molecule has 0 unspecified atom stereocenters. The highest BCUT2D eigenvalue weighted by molar-refractivity contribution is 6.38. The van der Waals surface area contributed by atoms with Crippen molar-refractivity contribution < 1.29 is 33.4 Å². The summed E-state index contributed by atoms with van der Waals surface area (Å²) in [6, 6.07) is 10.0. The maximum absolute atomic E-state index is 13.3. The van der Waals surface area contributed by atoms with Crippen LogP contribution in [0.5, 0.6) is 5.75 Å². The van der Waals surface area contributed by atoms with E-state index in [1.54, 1.807) is 41.5 Å². The Morgan fingerprint density at radius 3 is 2.10 bits per heavy atom. The predicted octanol–water partition coefficient (Wildman–Crippen LogP) is 5.43. The number of ketones is 1. The van der Waals surface area contributed by atoms with Crippen molar-refractivity contribution in [3.8, 4) is 5.75 Å². The van der Waals surface area contributed by atoms with Gasteiger partial charge in [0.25, 0.3) is 11.7 Å². The molecule has 1 amide bonds. The minimum Gasteiger partial charge on any atom is -0.486 e. The molecule has 0 saturated carbocycles. The van der Waals surface area contributed by atoms with Gasteiger partial charge in [0.05, 0.1) is 10.0 Å². The van der Waals surface area contributed by atoms with Gasteiger partial charge in [-0.3, -0.25) is 14.4 Å². The normalized spacial score (nSPS) is 17.7. The van der Waals surface area contributed by atoms with Gasteiger partial charge in [0.1, 0.15) is 29.9 Å². The van der Waals surface area contributed by atoms with Crippen LogP contribution in [0.4, 0.5) is 0 Å². The summed E-state index contributed by atoms with van der Waals surface area (Å²) < 4.78 is 16.5. The zero-order valence-electron chi connectivity index (χ0n) is 24.7. The van der Waals surface area contributed by atoms with Crippen LogP contribution in [0.3, 0.4) is 0 Å². The Labute approximate surface area is 256 Å². The van der Waals surface area contributed by atoms with Crippen LogP contribution in [-0.2, 0) is 30.5 Å². The van der Waals surface area contributed by atoms with Crippen LogP contribution in [0, 0.1) is 0 Å². The van der Waals surface area contributed by atoms with Crippen molar-refractivity contribution in [3.05, 3.63) is 63.6 Å². The number of amides is 1. The third-order valence-corrected chi connectivity index (χ3v) is 6.72. The highest BCUT2D eigenvalue weighted by Gasteiger charge is 2.38. The maximum atomic E-state index is 13.3. The van der Waals surface area contributed by atoms with Crippen LogP contribution < -0.4 is 15.4 Å². The zero-order chi connectivity index (χ0) is 31.2. The van der Waals surface area contributed by atoms with Gasteiger partial charge in [-0.05, 0) is 78.5 Å². The van der Waals surface area contributed by atoms with Crippen LogP contribution in [-0.4, -0.2) is 53.0 Å². The molecule has 0 spiro atoms. The molecule has 1 fully saturated rings. The van der Waals surface area contributed by atoms with Crippen molar-refractivity contribution in [1.29, 1.82) is 0 Å². The number of nitrogens with one attached hydrogen (secondary N) is 2. The summed E-state index contributed by atoms with van der Waals surface area (Å²) in [5.74, 6) is -2.85. The standard InChI is InChI=1S/C31H38Cl2N2O7/c1-30(2,3)41-28(38)23-13-12-20(34-23)16-24(25(36)29(39)42-31(4,5)6)35-27(37)19-14-21(32)26(22(33)15-19)40-17-18-10-8-7-9-11-18/h7-11,14-15,20,23-24,34H,12-13,16-17H2,1-6H3,(H,35,37)/t20-,23+,24+/m1/s1. The summed E-state index contributed by atoms with van der Waals surface area (Å²) in [6.45, 7) is 10.5. The topological polar surface area (TPSA) is 120 Å². The van der Waals surface area contributed by atoms with Crippen LogP contribution >= 0.6 is 23.2 Å². The first-order valence-corrected chi connectivity index (χ1v) is 14.5. The molecular weight excluding hydrogens is 583 g/mol. The fourth-order valence-corrected chi connectivity index (χ4v) is 4.95. The molecule has 42 heavy (non-hydrogen) atoms. The second kappa shape index (κ2) is 13.9. The first kappa shape index (κ1) is 33.4. The fourth-order valence-electron chi connectivity index (χ4n) is 4.35. The molecule has 2 N–H and O–H groups in total. The Hall–Kier alpha value is -3.14. The van der Waals surface area contributed by atoms with E-state index >= 15 is 0 Å². The SMILES string of the molecule is CC(C)(C)OC(=O)C(=O)[C@H](C[C@H]1CC[C@@H](C(=O)OC(C)(C)C)N1)NC(=O)c1cc(Cl)c(OCc2ccccc2)c(Cl)c1. The lowest BCUT2D eigenvalue weighted by atomic mass is 10.0. The summed E-state index contributed by atoms with van der Waals surface area (Å²) in [6.07, 6.45) is 1.06. The number of Topliss-reactive ketones (excluding diaryl/α,β-unsaturated/α-hetero) is 1. The largest absolute Gasteiger partial charge is 0.486 e. The first-order chi connectivity index (χ1) is 19.5. The predicted molar refractivity (Wildman–Crippen MR) is 160 cm³/mol. The molecule has 11 heteroatoms. The molecule has 2 aromatic carbocycles. The number of hydrogen-bond donors (Lipinski definition) is 2. The lowest BCUT2D eigenvalue weighted by molar-refractivity contribution is -0.163. The van der Waals surface area contributed by atoms with Gasteiger partial charge < -0.3 is 24.8 Å². The van der Waals surface area contributed by atoms with Crippen molar-refractivity contribution in [2.24, 2.45) is 0 Å². The van der Waals surface area contributed by atoms with Gasteiger partial charge in [0.2, 0.25) is 0 Å². The van der Waals surface area contributed by atoms with Gasteiger partial charge in [-0.25, -0.2) is 4.79 Å². The fraction of sp³-hybridized carbons (Fsp3) is 0.484. The van der Waals surface area contributed by atoms with Crippen molar-refractivity contribution in [1.82, 2.24) is 10.6 Å². The Morgan fingerprint density at radius 1 is 0.929 bits per heavy atom. The molecule has 0 aromatic heterocycles. The Morgan fingerprint density at radius 2 is 1.52 bits per heavy atom. The molecule has 0 radical (unpaired) electrons.